The summed E-state index contributed by atoms with van der Waals surface area (Å²) in [6, 6.07) is 11.3. The predicted molar refractivity (Wildman–Crippen MR) is 113 cm³/mol. The number of para-hydroxylation sites is 1. The fourth-order valence-corrected chi connectivity index (χ4v) is 5.01. The molecule has 9 heteroatoms. The minimum absolute atomic E-state index is 0.125. The summed E-state index contributed by atoms with van der Waals surface area (Å²) in [6.45, 7) is 0.199. The Morgan fingerprint density at radius 1 is 1.17 bits per heavy atom. The molecule has 2 aromatic rings. The highest BCUT2D eigenvalue weighted by Gasteiger charge is 2.43. The van der Waals surface area contributed by atoms with Gasteiger partial charge in [0.2, 0.25) is 0 Å². The number of anilines is 1. The number of fused-ring (bicyclic) bond motifs is 1. The van der Waals surface area contributed by atoms with Gasteiger partial charge in [0, 0.05) is 30.5 Å². The zero-order chi connectivity index (χ0) is 21.4. The topological polar surface area (TPSA) is 119 Å². The van der Waals surface area contributed by atoms with E-state index in [2.05, 4.69) is 9.71 Å². The van der Waals surface area contributed by atoms with Crippen LogP contribution >= 0.6 is 0 Å². The van der Waals surface area contributed by atoms with Crippen LogP contribution in [0.25, 0.3) is 0 Å². The summed E-state index contributed by atoms with van der Waals surface area (Å²) in [7, 11) is -3.84. The highest BCUT2D eigenvalue weighted by atomic mass is 32.2. The molecule has 0 radical (unpaired) electrons. The van der Waals surface area contributed by atoms with E-state index in [1.165, 1.54) is 23.1 Å². The second-order valence-corrected chi connectivity index (χ2v) is 9.31. The zero-order valence-corrected chi connectivity index (χ0v) is 17.1. The van der Waals surface area contributed by atoms with Gasteiger partial charge in [-0.15, -0.1) is 0 Å². The van der Waals surface area contributed by atoms with E-state index >= 15 is 0 Å². The van der Waals surface area contributed by atoms with Crippen LogP contribution < -0.4 is 4.72 Å². The normalized spacial score (nSPS) is 17.2. The van der Waals surface area contributed by atoms with Crippen LogP contribution in [0.1, 0.15) is 28.8 Å². The van der Waals surface area contributed by atoms with Crippen LogP contribution in [0.3, 0.4) is 0 Å². The number of amides is 1. The Hall–Kier alpha value is -2.75. The van der Waals surface area contributed by atoms with Crippen LogP contribution in [0.2, 0.25) is 0 Å². The third-order valence-corrected chi connectivity index (χ3v) is 6.77. The Morgan fingerprint density at radius 2 is 1.90 bits per heavy atom. The maximum Gasteiger partial charge on any atom is 0.264 e. The number of β-amino-alcohol motifs (C(OH)–C–C–N with tert-alkyl or cyclic N) is 1. The molecule has 0 spiro atoms. The molecule has 8 nitrogen and oxygen atoms in total. The number of aliphatic hydroxyl groups is 2. The Bertz CT molecular complexity index is 1090. The Morgan fingerprint density at radius 3 is 2.60 bits per heavy atom. The second kappa shape index (κ2) is 7.82. The van der Waals surface area contributed by atoms with E-state index in [0.717, 1.165) is 18.4 Å². The van der Waals surface area contributed by atoms with Crippen LogP contribution in [0.15, 0.2) is 52.4 Å². The molecule has 1 saturated heterocycles. The van der Waals surface area contributed by atoms with Gasteiger partial charge in [-0.05, 0) is 48.7 Å². The maximum absolute atomic E-state index is 12.9. The predicted octanol–water partition coefficient (Wildman–Crippen LogP) is 1.71. The molecule has 0 aliphatic carbocycles. The lowest BCUT2D eigenvalue weighted by Crippen LogP contribution is -2.63. The number of carbonyl (C=O) groups is 1. The van der Waals surface area contributed by atoms with Crippen LogP contribution in [0.4, 0.5) is 11.4 Å². The van der Waals surface area contributed by atoms with Crippen LogP contribution in [-0.2, 0) is 16.4 Å². The molecular formula is C21H23N3O5S. The van der Waals surface area contributed by atoms with Crippen molar-refractivity contribution in [2.45, 2.75) is 29.8 Å². The monoisotopic (exact) mass is 429 g/mol. The second-order valence-electron chi connectivity index (χ2n) is 7.66. The summed E-state index contributed by atoms with van der Waals surface area (Å²) in [5.41, 5.74) is 1.07. The van der Waals surface area contributed by atoms with Gasteiger partial charge in [-0.2, -0.15) is 0 Å². The molecule has 0 aromatic heterocycles. The van der Waals surface area contributed by atoms with Crippen molar-refractivity contribution in [2.24, 2.45) is 4.99 Å². The van der Waals surface area contributed by atoms with Gasteiger partial charge in [-0.3, -0.25) is 14.5 Å². The third kappa shape index (κ3) is 3.96. The highest BCUT2D eigenvalue weighted by molar-refractivity contribution is 7.92. The van der Waals surface area contributed by atoms with E-state index in [4.69, 9.17) is 5.11 Å². The average Bonchev–Trinajstić information content (AvgIpc) is 2.71. The molecule has 2 aliphatic rings. The lowest BCUT2D eigenvalue weighted by molar-refractivity contribution is -0.0923. The number of benzene rings is 2. The van der Waals surface area contributed by atoms with E-state index in [1.807, 2.05) is 6.07 Å². The quantitative estimate of drug-likeness (QED) is 0.646. The van der Waals surface area contributed by atoms with E-state index in [-0.39, 0.29) is 36.9 Å². The number of sulfonamides is 1. The molecule has 0 saturated carbocycles. The van der Waals surface area contributed by atoms with Crippen molar-refractivity contribution in [3.63, 3.8) is 0 Å². The van der Waals surface area contributed by atoms with Crippen molar-refractivity contribution in [3.05, 3.63) is 53.6 Å². The molecule has 0 bridgehead atoms. The number of carbonyl (C=O) groups excluding carboxylic acids is 1. The van der Waals surface area contributed by atoms with Crippen molar-refractivity contribution in [1.29, 1.82) is 0 Å². The minimum Gasteiger partial charge on any atom is -0.396 e. The molecule has 4 rings (SSSR count). The van der Waals surface area contributed by atoms with Gasteiger partial charge in [-0.25, -0.2) is 8.42 Å². The van der Waals surface area contributed by atoms with Crippen LogP contribution in [0.5, 0.6) is 0 Å². The van der Waals surface area contributed by atoms with Crippen molar-refractivity contribution in [1.82, 2.24) is 4.90 Å². The fraction of sp³-hybridized carbons (Fsp3) is 0.333. The number of nitrogens with zero attached hydrogens (tertiary/aromatic N) is 2. The number of nitrogens with one attached hydrogen (secondary N) is 1. The molecule has 0 atom stereocenters. The van der Waals surface area contributed by atoms with E-state index in [0.29, 0.717) is 16.9 Å². The van der Waals surface area contributed by atoms with Gasteiger partial charge in [-0.1, -0.05) is 12.1 Å². The number of aliphatic imine (C=N–C) groups is 1. The highest BCUT2D eigenvalue weighted by Crippen LogP contribution is 2.33. The summed E-state index contributed by atoms with van der Waals surface area (Å²) >= 11 is 0. The molecule has 3 N–H and O–H groups in total. The fourth-order valence-electron chi connectivity index (χ4n) is 3.76. The van der Waals surface area contributed by atoms with Crippen molar-refractivity contribution in [2.75, 3.05) is 24.4 Å². The smallest absolute Gasteiger partial charge is 0.264 e. The molecule has 2 aromatic carbocycles. The first kappa shape index (κ1) is 20.5. The molecule has 30 heavy (non-hydrogen) atoms. The number of hydrogen-bond acceptors (Lipinski definition) is 6. The number of rotatable bonds is 6. The van der Waals surface area contributed by atoms with Gasteiger partial charge in [0.15, 0.2) is 0 Å². The van der Waals surface area contributed by atoms with Gasteiger partial charge in [0.1, 0.15) is 10.5 Å². The SMILES string of the molecule is O=C(c1ccc(NS(=O)(=O)c2cccc3c2N=CCC3)cc1)N1CC(O)(CCO)C1. The van der Waals surface area contributed by atoms with E-state index < -0.39 is 15.6 Å². The standard InChI is InChI=1S/C21H23N3O5S/c25-12-10-21(27)13-24(14-21)20(26)16-6-8-17(9-7-16)23-30(28,29)18-5-1-3-15-4-2-11-22-19(15)18/h1,3,5-9,11,23,25,27H,2,4,10,12-14H2. The van der Waals surface area contributed by atoms with Crippen molar-refractivity contribution >= 4 is 33.5 Å². The van der Waals surface area contributed by atoms with Gasteiger partial charge >= 0.3 is 0 Å². The summed E-state index contributed by atoms with van der Waals surface area (Å²) in [4.78, 5) is 18.4. The summed E-state index contributed by atoms with van der Waals surface area (Å²) < 4.78 is 28.3. The minimum atomic E-state index is -3.84. The molecule has 0 unspecified atom stereocenters. The Kier molecular flexibility index (Phi) is 5.35. The number of aliphatic hydroxyl groups excluding tert-OH is 1. The summed E-state index contributed by atoms with van der Waals surface area (Å²) in [6.07, 6.45) is 3.49. The molecule has 1 amide bonds. The third-order valence-electron chi connectivity index (χ3n) is 5.35. The lowest BCUT2D eigenvalue weighted by Gasteiger charge is -2.46. The molecule has 158 valence electrons. The maximum atomic E-state index is 12.9. The first-order valence-corrected chi connectivity index (χ1v) is 11.2. The van der Waals surface area contributed by atoms with E-state index in [1.54, 1.807) is 24.4 Å². The van der Waals surface area contributed by atoms with Gasteiger partial charge in [0.05, 0.1) is 18.8 Å². The van der Waals surface area contributed by atoms with Crippen molar-refractivity contribution < 1.29 is 23.4 Å². The zero-order valence-electron chi connectivity index (χ0n) is 16.3. The molecule has 2 aliphatic heterocycles. The number of hydrogen-bond donors (Lipinski definition) is 3. The van der Waals surface area contributed by atoms with Crippen LogP contribution in [-0.4, -0.2) is 60.9 Å². The largest absolute Gasteiger partial charge is 0.396 e. The Balaban J connectivity index is 1.47. The first-order valence-electron chi connectivity index (χ1n) is 9.71. The summed E-state index contributed by atoms with van der Waals surface area (Å²) in [5, 5.41) is 19.1. The summed E-state index contributed by atoms with van der Waals surface area (Å²) in [5.74, 6) is -0.251. The molecule has 1 fully saturated rings. The van der Waals surface area contributed by atoms with Gasteiger partial charge in [0.25, 0.3) is 15.9 Å². The molecular weight excluding hydrogens is 406 g/mol. The van der Waals surface area contributed by atoms with Gasteiger partial charge < -0.3 is 15.1 Å². The lowest BCUT2D eigenvalue weighted by atomic mass is 9.90. The Labute approximate surface area is 174 Å². The number of aryl methyl sites for hydroxylation is 1. The van der Waals surface area contributed by atoms with Crippen molar-refractivity contribution in [3.8, 4) is 0 Å². The average molecular weight is 429 g/mol. The number of likely N-dealkylation sites (tertiary alicyclic amines) is 1. The van der Waals surface area contributed by atoms with Crippen LogP contribution in [0, 0.1) is 0 Å². The first-order chi connectivity index (χ1) is 14.3. The van der Waals surface area contributed by atoms with E-state index in [9.17, 15) is 18.3 Å². The molecule has 2 heterocycles.